The number of ether oxygens (including phenoxy) is 1. The van der Waals surface area contributed by atoms with Crippen LogP contribution in [0.5, 0.6) is 0 Å². The molecule has 2 rings (SSSR count). The maximum Gasteiger partial charge on any atom is 0.338 e. The Bertz CT molecular complexity index is 720. The number of carbonyl (C=O) groups is 2. The van der Waals surface area contributed by atoms with Crippen LogP contribution < -0.4 is 5.32 Å². The van der Waals surface area contributed by atoms with Gasteiger partial charge >= 0.3 is 5.97 Å². The predicted octanol–water partition coefficient (Wildman–Crippen LogP) is 4.51. The van der Waals surface area contributed by atoms with E-state index < -0.39 is 0 Å². The van der Waals surface area contributed by atoms with Crippen molar-refractivity contribution in [2.45, 2.75) is 33.6 Å². The van der Waals surface area contributed by atoms with Crippen LogP contribution in [0.25, 0.3) is 0 Å². The summed E-state index contributed by atoms with van der Waals surface area (Å²) in [7, 11) is 0. The molecule has 0 bridgehead atoms. The summed E-state index contributed by atoms with van der Waals surface area (Å²) in [6.45, 7) is 6.46. The molecule has 0 atom stereocenters. The molecule has 1 amide bonds. The van der Waals surface area contributed by atoms with Gasteiger partial charge in [-0.1, -0.05) is 19.4 Å². The molecule has 0 aliphatic heterocycles. The summed E-state index contributed by atoms with van der Waals surface area (Å²) < 4.78 is 5.16. The van der Waals surface area contributed by atoms with Crippen molar-refractivity contribution in [3.05, 3.63) is 64.7 Å². The minimum Gasteiger partial charge on any atom is -0.462 e. The van der Waals surface area contributed by atoms with Crippen LogP contribution in [0.3, 0.4) is 0 Å². The average molecular weight is 325 g/mol. The van der Waals surface area contributed by atoms with Crippen LogP contribution in [0, 0.1) is 13.8 Å². The van der Waals surface area contributed by atoms with Crippen LogP contribution in [-0.4, -0.2) is 18.5 Å². The highest BCUT2D eigenvalue weighted by atomic mass is 16.5. The first-order valence-electron chi connectivity index (χ1n) is 8.17. The van der Waals surface area contributed by atoms with E-state index in [0.717, 1.165) is 24.0 Å². The summed E-state index contributed by atoms with van der Waals surface area (Å²) >= 11 is 0. The number of unbranched alkanes of at least 4 members (excludes halogenated alkanes) is 1. The zero-order chi connectivity index (χ0) is 17.5. The van der Waals surface area contributed by atoms with Gasteiger partial charge in [-0.3, -0.25) is 4.79 Å². The van der Waals surface area contributed by atoms with E-state index in [-0.39, 0.29) is 11.9 Å². The smallest absolute Gasteiger partial charge is 0.338 e. The van der Waals surface area contributed by atoms with E-state index in [9.17, 15) is 9.59 Å². The maximum absolute atomic E-state index is 12.3. The Morgan fingerprint density at radius 3 is 2.25 bits per heavy atom. The lowest BCUT2D eigenvalue weighted by molar-refractivity contribution is 0.0499. The van der Waals surface area contributed by atoms with Crippen molar-refractivity contribution in [1.29, 1.82) is 0 Å². The summed E-state index contributed by atoms with van der Waals surface area (Å²) in [6, 6.07) is 12.3. The Labute approximate surface area is 142 Å². The van der Waals surface area contributed by atoms with Gasteiger partial charge in [-0.25, -0.2) is 4.79 Å². The Kier molecular flexibility index (Phi) is 6.13. The zero-order valence-electron chi connectivity index (χ0n) is 14.4. The topological polar surface area (TPSA) is 55.4 Å². The number of carbonyl (C=O) groups excluding carboxylic acids is 2. The highest BCUT2D eigenvalue weighted by molar-refractivity contribution is 6.04. The molecular weight excluding hydrogens is 302 g/mol. The first-order valence-corrected chi connectivity index (χ1v) is 8.17. The Morgan fingerprint density at radius 1 is 0.958 bits per heavy atom. The second kappa shape index (κ2) is 8.29. The van der Waals surface area contributed by atoms with E-state index >= 15 is 0 Å². The molecule has 1 N–H and O–H groups in total. The second-order valence-electron chi connectivity index (χ2n) is 5.82. The van der Waals surface area contributed by atoms with E-state index in [2.05, 4.69) is 5.32 Å². The molecule has 0 aromatic heterocycles. The number of anilines is 1. The third kappa shape index (κ3) is 4.69. The second-order valence-corrected chi connectivity index (χ2v) is 5.82. The van der Waals surface area contributed by atoms with Crippen molar-refractivity contribution in [2.24, 2.45) is 0 Å². The van der Waals surface area contributed by atoms with Crippen molar-refractivity contribution in [1.82, 2.24) is 0 Å². The number of hydrogen-bond donors (Lipinski definition) is 1. The number of nitrogens with one attached hydrogen (secondary N) is 1. The van der Waals surface area contributed by atoms with E-state index in [0.29, 0.717) is 23.4 Å². The fourth-order valence-corrected chi connectivity index (χ4v) is 2.17. The van der Waals surface area contributed by atoms with Crippen LogP contribution in [0.4, 0.5) is 5.69 Å². The molecule has 0 radical (unpaired) electrons. The first kappa shape index (κ1) is 17.7. The van der Waals surface area contributed by atoms with Crippen molar-refractivity contribution < 1.29 is 14.3 Å². The average Bonchev–Trinajstić information content (AvgIpc) is 2.58. The van der Waals surface area contributed by atoms with Gasteiger partial charge in [-0.2, -0.15) is 0 Å². The van der Waals surface area contributed by atoms with Gasteiger partial charge in [0.25, 0.3) is 5.91 Å². The molecule has 0 spiro atoms. The molecule has 0 unspecified atom stereocenters. The molecule has 2 aromatic carbocycles. The first-order chi connectivity index (χ1) is 11.5. The third-order valence-electron chi connectivity index (χ3n) is 3.88. The van der Waals surface area contributed by atoms with Gasteiger partial charge in [-0.15, -0.1) is 0 Å². The van der Waals surface area contributed by atoms with Crippen LogP contribution in [0.2, 0.25) is 0 Å². The van der Waals surface area contributed by atoms with Gasteiger partial charge in [0, 0.05) is 11.3 Å². The lowest BCUT2D eigenvalue weighted by Gasteiger charge is -2.08. The SMILES string of the molecule is CCCCOC(=O)c1ccc(NC(=O)c2ccc(C)c(C)c2)cc1. The predicted molar refractivity (Wildman–Crippen MR) is 95.5 cm³/mol. The molecule has 0 aliphatic rings. The maximum atomic E-state index is 12.3. The van der Waals surface area contributed by atoms with Crippen LogP contribution in [0.1, 0.15) is 51.6 Å². The molecule has 2 aromatic rings. The van der Waals surface area contributed by atoms with Gasteiger partial charge in [0.2, 0.25) is 0 Å². The summed E-state index contributed by atoms with van der Waals surface area (Å²) in [5.74, 6) is -0.508. The van der Waals surface area contributed by atoms with Crippen LogP contribution in [-0.2, 0) is 4.74 Å². The minimum absolute atomic E-state index is 0.170. The van der Waals surface area contributed by atoms with Crippen molar-refractivity contribution in [2.75, 3.05) is 11.9 Å². The number of hydrogen-bond acceptors (Lipinski definition) is 3. The van der Waals surface area contributed by atoms with Gasteiger partial charge in [0.15, 0.2) is 0 Å². The highest BCUT2D eigenvalue weighted by Gasteiger charge is 2.09. The Balaban J connectivity index is 1.99. The lowest BCUT2D eigenvalue weighted by Crippen LogP contribution is -2.12. The quantitative estimate of drug-likeness (QED) is 0.628. The fraction of sp³-hybridized carbons (Fsp3) is 0.300. The van der Waals surface area contributed by atoms with E-state index in [4.69, 9.17) is 4.74 Å². The molecule has 0 aliphatic carbocycles. The molecule has 0 heterocycles. The lowest BCUT2D eigenvalue weighted by atomic mass is 10.1. The van der Waals surface area contributed by atoms with E-state index in [1.54, 1.807) is 30.3 Å². The normalized spacial score (nSPS) is 10.3. The molecular formula is C20H23NO3. The minimum atomic E-state index is -0.338. The van der Waals surface area contributed by atoms with Crippen LogP contribution in [0.15, 0.2) is 42.5 Å². The van der Waals surface area contributed by atoms with Gasteiger partial charge in [0.1, 0.15) is 0 Å². The highest BCUT2D eigenvalue weighted by Crippen LogP contribution is 2.14. The molecule has 0 fully saturated rings. The monoisotopic (exact) mass is 325 g/mol. The fourth-order valence-electron chi connectivity index (χ4n) is 2.17. The van der Waals surface area contributed by atoms with Crippen molar-refractivity contribution in [3.8, 4) is 0 Å². The number of esters is 1. The van der Waals surface area contributed by atoms with Gasteiger partial charge in [0.05, 0.1) is 12.2 Å². The number of benzene rings is 2. The molecule has 24 heavy (non-hydrogen) atoms. The van der Waals surface area contributed by atoms with Gasteiger partial charge in [-0.05, 0) is 67.8 Å². The van der Waals surface area contributed by atoms with Gasteiger partial charge < -0.3 is 10.1 Å². The van der Waals surface area contributed by atoms with Crippen molar-refractivity contribution in [3.63, 3.8) is 0 Å². The molecule has 0 saturated heterocycles. The number of rotatable bonds is 6. The van der Waals surface area contributed by atoms with Crippen molar-refractivity contribution >= 4 is 17.6 Å². The summed E-state index contributed by atoms with van der Waals surface area (Å²) in [5, 5.41) is 2.83. The summed E-state index contributed by atoms with van der Waals surface area (Å²) in [4.78, 5) is 24.1. The summed E-state index contributed by atoms with van der Waals surface area (Å²) in [6.07, 6.45) is 1.84. The third-order valence-corrected chi connectivity index (χ3v) is 3.88. The summed E-state index contributed by atoms with van der Waals surface area (Å²) in [5.41, 5.74) is 3.96. The van der Waals surface area contributed by atoms with E-state index in [1.807, 2.05) is 32.9 Å². The molecule has 4 heteroatoms. The largest absolute Gasteiger partial charge is 0.462 e. The van der Waals surface area contributed by atoms with E-state index in [1.165, 1.54) is 0 Å². The molecule has 4 nitrogen and oxygen atoms in total. The standard InChI is InChI=1S/C20H23NO3/c1-4-5-12-24-20(23)16-8-10-18(11-9-16)21-19(22)17-7-6-14(2)15(3)13-17/h6-11,13H,4-5,12H2,1-3H3,(H,21,22). The van der Waals surface area contributed by atoms with Crippen LogP contribution >= 0.6 is 0 Å². The Hall–Kier alpha value is -2.62. The number of amides is 1. The molecule has 126 valence electrons. The zero-order valence-corrected chi connectivity index (χ0v) is 14.4. The number of aryl methyl sites for hydroxylation is 2. The molecule has 0 saturated carbocycles. The Morgan fingerprint density at radius 2 is 1.62 bits per heavy atom.